The molecule has 1 aliphatic heterocycles. The van der Waals surface area contributed by atoms with Crippen LogP contribution in [0.15, 0.2) is 23.1 Å². The second kappa shape index (κ2) is 5.18. The quantitative estimate of drug-likeness (QED) is 0.904. The van der Waals surface area contributed by atoms with Crippen molar-refractivity contribution in [2.45, 2.75) is 23.5 Å². The SMILES string of the molecule is N[C@H]1CCN(S(=O)(=O)c2cc(C(F)(F)F)ccc2Cl)C1. The molecule has 0 spiro atoms. The van der Waals surface area contributed by atoms with Crippen molar-refractivity contribution in [3.8, 4) is 0 Å². The van der Waals surface area contributed by atoms with Crippen LogP contribution in [0.25, 0.3) is 0 Å². The van der Waals surface area contributed by atoms with E-state index in [4.69, 9.17) is 17.3 Å². The summed E-state index contributed by atoms with van der Waals surface area (Å²) in [6.07, 6.45) is -4.16. The van der Waals surface area contributed by atoms with Crippen molar-refractivity contribution in [2.75, 3.05) is 13.1 Å². The minimum Gasteiger partial charge on any atom is -0.326 e. The van der Waals surface area contributed by atoms with Gasteiger partial charge in [0.2, 0.25) is 10.0 Å². The molecular formula is C11H12ClF3N2O2S. The lowest BCUT2D eigenvalue weighted by Gasteiger charge is -2.18. The Balaban J connectivity index is 2.46. The molecule has 0 bridgehead atoms. The molecule has 20 heavy (non-hydrogen) atoms. The molecule has 0 unspecified atom stereocenters. The third-order valence-corrected chi connectivity index (χ3v) is 5.41. The van der Waals surface area contributed by atoms with Gasteiger partial charge in [-0.2, -0.15) is 17.5 Å². The molecule has 1 aromatic rings. The largest absolute Gasteiger partial charge is 0.416 e. The highest BCUT2D eigenvalue weighted by atomic mass is 35.5. The minimum atomic E-state index is -4.63. The van der Waals surface area contributed by atoms with Gasteiger partial charge in [-0.1, -0.05) is 11.6 Å². The maximum absolute atomic E-state index is 12.7. The number of halogens is 4. The molecule has 0 amide bonds. The lowest BCUT2D eigenvalue weighted by Crippen LogP contribution is -2.32. The van der Waals surface area contributed by atoms with Crippen LogP contribution in [0.3, 0.4) is 0 Å². The molecule has 1 aromatic carbocycles. The van der Waals surface area contributed by atoms with E-state index in [-0.39, 0.29) is 24.2 Å². The average molecular weight is 329 g/mol. The average Bonchev–Trinajstić information content (AvgIpc) is 2.75. The summed E-state index contributed by atoms with van der Waals surface area (Å²) in [7, 11) is -4.06. The maximum atomic E-state index is 12.7. The lowest BCUT2D eigenvalue weighted by molar-refractivity contribution is -0.137. The van der Waals surface area contributed by atoms with Crippen LogP contribution in [0.1, 0.15) is 12.0 Å². The highest BCUT2D eigenvalue weighted by molar-refractivity contribution is 7.89. The first-order chi connectivity index (χ1) is 9.12. The number of sulfonamides is 1. The Kier molecular flexibility index (Phi) is 4.03. The van der Waals surface area contributed by atoms with Gasteiger partial charge in [0, 0.05) is 19.1 Å². The zero-order valence-electron chi connectivity index (χ0n) is 10.2. The molecule has 1 saturated heterocycles. The number of rotatable bonds is 2. The van der Waals surface area contributed by atoms with Crippen LogP contribution in [0.5, 0.6) is 0 Å². The smallest absolute Gasteiger partial charge is 0.326 e. The Hall–Kier alpha value is -0.830. The van der Waals surface area contributed by atoms with Gasteiger partial charge in [-0.05, 0) is 24.6 Å². The van der Waals surface area contributed by atoms with Gasteiger partial charge < -0.3 is 5.73 Å². The van der Waals surface area contributed by atoms with Crippen LogP contribution in [-0.2, 0) is 16.2 Å². The summed E-state index contributed by atoms with van der Waals surface area (Å²) >= 11 is 5.74. The van der Waals surface area contributed by atoms with E-state index < -0.39 is 26.7 Å². The molecule has 1 aliphatic rings. The van der Waals surface area contributed by atoms with Gasteiger partial charge in [-0.15, -0.1) is 0 Å². The van der Waals surface area contributed by atoms with Crippen LogP contribution in [0.2, 0.25) is 5.02 Å². The van der Waals surface area contributed by atoms with Crippen LogP contribution in [-0.4, -0.2) is 31.9 Å². The first-order valence-corrected chi connectivity index (χ1v) is 7.56. The van der Waals surface area contributed by atoms with Gasteiger partial charge >= 0.3 is 6.18 Å². The molecule has 0 aromatic heterocycles. The zero-order chi connectivity index (χ0) is 15.1. The molecule has 1 fully saturated rings. The van der Waals surface area contributed by atoms with Crippen LogP contribution < -0.4 is 5.73 Å². The monoisotopic (exact) mass is 328 g/mol. The van der Waals surface area contributed by atoms with E-state index in [1.807, 2.05) is 0 Å². The van der Waals surface area contributed by atoms with Crippen molar-refractivity contribution in [2.24, 2.45) is 5.73 Å². The summed E-state index contributed by atoms with van der Waals surface area (Å²) in [5.41, 5.74) is 4.57. The normalized spacial score (nSPS) is 21.4. The van der Waals surface area contributed by atoms with E-state index in [1.165, 1.54) is 0 Å². The molecule has 0 radical (unpaired) electrons. The molecule has 1 atom stereocenters. The highest BCUT2D eigenvalue weighted by Gasteiger charge is 2.36. The second-order valence-electron chi connectivity index (χ2n) is 4.55. The Labute approximate surface area is 119 Å². The Morgan fingerprint density at radius 2 is 2.00 bits per heavy atom. The molecule has 9 heteroatoms. The summed E-state index contributed by atoms with van der Waals surface area (Å²) in [6.45, 7) is 0.255. The van der Waals surface area contributed by atoms with Crippen molar-refractivity contribution < 1.29 is 21.6 Å². The fourth-order valence-electron chi connectivity index (χ4n) is 1.99. The first kappa shape index (κ1) is 15.6. The van der Waals surface area contributed by atoms with E-state index in [0.717, 1.165) is 16.4 Å². The van der Waals surface area contributed by atoms with Gasteiger partial charge in [-0.3, -0.25) is 0 Å². The minimum absolute atomic E-state index is 0.0783. The maximum Gasteiger partial charge on any atom is 0.416 e. The number of nitrogens with zero attached hydrogens (tertiary/aromatic N) is 1. The number of alkyl halides is 3. The topological polar surface area (TPSA) is 63.4 Å². The molecule has 0 aliphatic carbocycles. The molecular weight excluding hydrogens is 317 g/mol. The standard InChI is InChI=1S/C11H12ClF3N2O2S/c12-9-2-1-7(11(13,14)15)5-10(9)20(18,19)17-4-3-8(16)6-17/h1-2,5,8H,3-4,6,16H2/t8-/m0/s1. The van der Waals surface area contributed by atoms with E-state index in [1.54, 1.807) is 0 Å². The van der Waals surface area contributed by atoms with E-state index >= 15 is 0 Å². The van der Waals surface area contributed by atoms with Gasteiger partial charge in [0.15, 0.2) is 0 Å². The third kappa shape index (κ3) is 2.93. The Bertz CT molecular complexity index is 619. The van der Waals surface area contributed by atoms with Crippen LogP contribution in [0.4, 0.5) is 13.2 Å². The molecule has 112 valence electrons. The zero-order valence-corrected chi connectivity index (χ0v) is 11.8. The summed E-state index contributed by atoms with van der Waals surface area (Å²) < 4.78 is 63.6. The molecule has 2 rings (SSSR count). The van der Waals surface area contributed by atoms with E-state index in [9.17, 15) is 21.6 Å². The summed E-state index contributed by atoms with van der Waals surface area (Å²) in [5.74, 6) is 0. The predicted octanol–water partition coefficient (Wildman–Crippen LogP) is 2.08. The van der Waals surface area contributed by atoms with Gasteiger partial charge in [0.25, 0.3) is 0 Å². The van der Waals surface area contributed by atoms with Crippen molar-refractivity contribution in [3.05, 3.63) is 28.8 Å². The van der Waals surface area contributed by atoms with Crippen LogP contribution in [0, 0.1) is 0 Å². The predicted molar refractivity (Wildman–Crippen MR) is 67.8 cm³/mol. The van der Waals surface area contributed by atoms with Gasteiger partial charge in [-0.25, -0.2) is 8.42 Å². The molecule has 0 saturated carbocycles. The molecule has 1 heterocycles. The van der Waals surface area contributed by atoms with Crippen LogP contribution >= 0.6 is 11.6 Å². The molecule has 2 N–H and O–H groups in total. The van der Waals surface area contributed by atoms with Gasteiger partial charge in [0.05, 0.1) is 10.6 Å². The van der Waals surface area contributed by atoms with Crippen molar-refractivity contribution in [1.82, 2.24) is 4.31 Å². The van der Waals surface area contributed by atoms with Gasteiger partial charge in [0.1, 0.15) is 4.90 Å². The highest BCUT2D eigenvalue weighted by Crippen LogP contribution is 2.34. The first-order valence-electron chi connectivity index (χ1n) is 5.75. The Morgan fingerprint density at radius 1 is 1.35 bits per heavy atom. The summed E-state index contributed by atoms with van der Waals surface area (Å²) in [5, 5.41) is -0.238. The van der Waals surface area contributed by atoms with E-state index in [0.29, 0.717) is 12.5 Å². The lowest BCUT2D eigenvalue weighted by atomic mass is 10.2. The van der Waals surface area contributed by atoms with E-state index in [2.05, 4.69) is 0 Å². The fourth-order valence-corrected chi connectivity index (χ4v) is 4.00. The molecule has 4 nitrogen and oxygen atoms in total. The fraction of sp³-hybridized carbons (Fsp3) is 0.455. The summed E-state index contributed by atoms with van der Waals surface area (Å²) in [4.78, 5) is -0.539. The number of nitrogens with two attached hydrogens (primary N) is 1. The number of hydrogen-bond donors (Lipinski definition) is 1. The number of benzene rings is 1. The van der Waals surface area contributed by atoms with Crippen molar-refractivity contribution >= 4 is 21.6 Å². The van der Waals surface area contributed by atoms with Crippen molar-refractivity contribution in [1.29, 1.82) is 0 Å². The third-order valence-electron chi connectivity index (χ3n) is 3.06. The van der Waals surface area contributed by atoms with Crippen molar-refractivity contribution in [3.63, 3.8) is 0 Å². The Morgan fingerprint density at radius 3 is 2.50 bits per heavy atom. The summed E-state index contributed by atoms with van der Waals surface area (Å²) in [6, 6.07) is 1.93. The number of hydrogen-bond acceptors (Lipinski definition) is 3. The second-order valence-corrected chi connectivity index (χ2v) is 6.87.